The van der Waals surface area contributed by atoms with Crippen LogP contribution in [0.1, 0.15) is 19.3 Å². The van der Waals surface area contributed by atoms with E-state index >= 15 is 0 Å². The minimum absolute atomic E-state index is 0. The average molecular weight is 159 g/mol. The molecule has 2 fully saturated rings. The zero-order valence-electron chi connectivity index (χ0n) is 5.76. The van der Waals surface area contributed by atoms with Gasteiger partial charge in [-0.2, -0.15) is 5.26 Å². The van der Waals surface area contributed by atoms with Gasteiger partial charge in [0.1, 0.15) is 0 Å². The van der Waals surface area contributed by atoms with Crippen molar-refractivity contribution in [3.8, 4) is 6.07 Å². The summed E-state index contributed by atoms with van der Waals surface area (Å²) in [6.45, 7) is 1.05. The van der Waals surface area contributed by atoms with Gasteiger partial charge in [-0.3, -0.25) is 0 Å². The number of nitriles is 1. The van der Waals surface area contributed by atoms with E-state index in [0.29, 0.717) is 11.5 Å². The summed E-state index contributed by atoms with van der Waals surface area (Å²) in [4.78, 5) is 0. The SMILES string of the molecule is Cl.N#CC1CCNC12CC2. The molecule has 2 nitrogen and oxygen atoms in total. The molecule has 1 spiro atoms. The first-order valence-electron chi connectivity index (χ1n) is 3.52. The van der Waals surface area contributed by atoms with Crippen LogP contribution in [0.2, 0.25) is 0 Å². The van der Waals surface area contributed by atoms with Crippen LogP contribution in [0.5, 0.6) is 0 Å². The van der Waals surface area contributed by atoms with Crippen LogP contribution in [0, 0.1) is 17.2 Å². The van der Waals surface area contributed by atoms with E-state index in [1.807, 2.05) is 0 Å². The standard InChI is InChI=1S/C7H10N2.ClH/c8-5-6-1-4-9-7(6)2-3-7;/h6,9H,1-4H2;1H. The van der Waals surface area contributed by atoms with Crippen molar-refractivity contribution in [2.75, 3.05) is 6.54 Å². The van der Waals surface area contributed by atoms with Crippen LogP contribution in [-0.4, -0.2) is 12.1 Å². The van der Waals surface area contributed by atoms with Crippen LogP contribution >= 0.6 is 12.4 Å². The number of hydrogen-bond acceptors (Lipinski definition) is 2. The molecule has 1 N–H and O–H groups in total. The molecule has 0 bridgehead atoms. The van der Waals surface area contributed by atoms with E-state index in [9.17, 15) is 0 Å². The minimum Gasteiger partial charge on any atom is -0.310 e. The van der Waals surface area contributed by atoms with Gasteiger partial charge in [-0.1, -0.05) is 0 Å². The molecule has 0 aromatic heterocycles. The molecule has 0 radical (unpaired) electrons. The lowest BCUT2D eigenvalue weighted by atomic mass is 10.0. The highest BCUT2D eigenvalue weighted by Gasteiger charge is 2.52. The van der Waals surface area contributed by atoms with Crippen molar-refractivity contribution in [2.24, 2.45) is 5.92 Å². The quantitative estimate of drug-likeness (QED) is 0.573. The maximum atomic E-state index is 8.65. The third-order valence-corrected chi connectivity index (χ3v) is 2.52. The van der Waals surface area contributed by atoms with Gasteiger partial charge in [0.25, 0.3) is 0 Å². The van der Waals surface area contributed by atoms with Crippen LogP contribution in [0.4, 0.5) is 0 Å². The predicted molar refractivity (Wildman–Crippen MR) is 40.9 cm³/mol. The topological polar surface area (TPSA) is 35.8 Å². The number of nitrogens with zero attached hydrogens (tertiary/aromatic N) is 1. The van der Waals surface area contributed by atoms with Crippen molar-refractivity contribution in [3.05, 3.63) is 0 Å². The molecule has 1 saturated heterocycles. The van der Waals surface area contributed by atoms with E-state index in [1.165, 1.54) is 12.8 Å². The van der Waals surface area contributed by atoms with E-state index < -0.39 is 0 Å². The van der Waals surface area contributed by atoms with Crippen molar-refractivity contribution in [1.29, 1.82) is 5.26 Å². The number of hydrogen-bond donors (Lipinski definition) is 1. The third-order valence-electron chi connectivity index (χ3n) is 2.52. The summed E-state index contributed by atoms with van der Waals surface area (Å²) in [5.41, 5.74) is 0.300. The fourth-order valence-electron chi connectivity index (χ4n) is 1.71. The first-order valence-corrected chi connectivity index (χ1v) is 3.52. The minimum atomic E-state index is 0. The average Bonchev–Trinajstić information content (AvgIpc) is 2.45. The van der Waals surface area contributed by atoms with Crippen molar-refractivity contribution in [3.63, 3.8) is 0 Å². The predicted octanol–water partition coefficient (Wildman–Crippen LogP) is 1.07. The molecule has 2 rings (SSSR count). The second-order valence-corrected chi connectivity index (χ2v) is 3.05. The van der Waals surface area contributed by atoms with Gasteiger partial charge in [-0.15, -0.1) is 12.4 Å². The molecule has 1 aliphatic heterocycles. The Labute approximate surface area is 67.0 Å². The van der Waals surface area contributed by atoms with Gasteiger partial charge in [0.15, 0.2) is 0 Å². The second kappa shape index (κ2) is 2.41. The molecule has 1 atom stereocenters. The maximum Gasteiger partial charge on any atom is 0.0675 e. The Morgan fingerprint density at radius 1 is 1.50 bits per heavy atom. The molecule has 1 heterocycles. The number of halogens is 1. The highest BCUT2D eigenvalue weighted by Crippen LogP contribution is 2.46. The van der Waals surface area contributed by atoms with Crippen molar-refractivity contribution in [1.82, 2.24) is 5.32 Å². The fraction of sp³-hybridized carbons (Fsp3) is 0.857. The largest absolute Gasteiger partial charge is 0.310 e. The highest BCUT2D eigenvalue weighted by molar-refractivity contribution is 5.85. The first-order chi connectivity index (χ1) is 4.37. The summed E-state index contributed by atoms with van der Waals surface area (Å²) in [6, 6.07) is 2.35. The molecule has 1 aliphatic carbocycles. The van der Waals surface area contributed by atoms with Gasteiger partial charge >= 0.3 is 0 Å². The van der Waals surface area contributed by atoms with Crippen LogP contribution in [0.15, 0.2) is 0 Å². The third kappa shape index (κ3) is 0.902. The van der Waals surface area contributed by atoms with Gasteiger partial charge in [0.05, 0.1) is 12.0 Å². The lowest BCUT2D eigenvalue weighted by molar-refractivity contribution is 0.518. The fourth-order valence-corrected chi connectivity index (χ4v) is 1.71. The summed E-state index contributed by atoms with van der Waals surface area (Å²) < 4.78 is 0. The zero-order valence-corrected chi connectivity index (χ0v) is 6.58. The van der Waals surface area contributed by atoms with Gasteiger partial charge in [-0.05, 0) is 25.8 Å². The van der Waals surface area contributed by atoms with Crippen molar-refractivity contribution in [2.45, 2.75) is 24.8 Å². The summed E-state index contributed by atoms with van der Waals surface area (Å²) in [6.07, 6.45) is 3.52. The Hall–Kier alpha value is -0.260. The molecular formula is C7H11ClN2. The molecule has 10 heavy (non-hydrogen) atoms. The van der Waals surface area contributed by atoms with E-state index in [4.69, 9.17) is 5.26 Å². The number of nitrogens with one attached hydrogen (secondary N) is 1. The van der Waals surface area contributed by atoms with Crippen molar-refractivity contribution < 1.29 is 0 Å². The lowest BCUT2D eigenvalue weighted by Crippen LogP contribution is -2.27. The second-order valence-electron chi connectivity index (χ2n) is 3.05. The molecule has 0 aromatic rings. The van der Waals surface area contributed by atoms with Crippen molar-refractivity contribution >= 4 is 12.4 Å². The molecule has 0 aromatic carbocycles. The van der Waals surface area contributed by atoms with Crippen LogP contribution in [0.25, 0.3) is 0 Å². The molecule has 3 heteroatoms. The molecule has 0 amide bonds. The van der Waals surface area contributed by atoms with Gasteiger partial charge < -0.3 is 5.32 Å². The molecule has 1 saturated carbocycles. The highest BCUT2D eigenvalue weighted by atomic mass is 35.5. The zero-order chi connectivity index (χ0) is 6.32. The van der Waals surface area contributed by atoms with E-state index in [-0.39, 0.29) is 12.4 Å². The Kier molecular flexibility index (Phi) is 1.89. The maximum absolute atomic E-state index is 8.65. The summed E-state index contributed by atoms with van der Waals surface area (Å²) in [7, 11) is 0. The van der Waals surface area contributed by atoms with E-state index in [0.717, 1.165) is 13.0 Å². The van der Waals surface area contributed by atoms with Crippen LogP contribution < -0.4 is 5.32 Å². The van der Waals surface area contributed by atoms with E-state index in [1.54, 1.807) is 0 Å². The Morgan fingerprint density at radius 2 is 2.20 bits per heavy atom. The molecular weight excluding hydrogens is 148 g/mol. The molecule has 56 valence electrons. The smallest absolute Gasteiger partial charge is 0.0675 e. The monoisotopic (exact) mass is 158 g/mol. The van der Waals surface area contributed by atoms with Gasteiger partial charge in [-0.25, -0.2) is 0 Å². The van der Waals surface area contributed by atoms with Crippen LogP contribution in [0.3, 0.4) is 0 Å². The first kappa shape index (κ1) is 7.84. The van der Waals surface area contributed by atoms with E-state index in [2.05, 4.69) is 11.4 Å². The number of rotatable bonds is 0. The summed E-state index contributed by atoms with van der Waals surface area (Å²) in [5.74, 6) is 0.317. The Bertz CT molecular complexity index is 169. The Balaban J connectivity index is 0.000000500. The summed E-state index contributed by atoms with van der Waals surface area (Å²) >= 11 is 0. The lowest BCUT2D eigenvalue weighted by Gasteiger charge is -2.08. The molecule has 1 unspecified atom stereocenters. The normalized spacial score (nSPS) is 32.9. The van der Waals surface area contributed by atoms with Gasteiger partial charge in [0, 0.05) is 5.54 Å². The van der Waals surface area contributed by atoms with Gasteiger partial charge in [0.2, 0.25) is 0 Å². The summed E-state index contributed by atoms with van der Waals surface area (Å²) in [5, 5.41) is 12.0. The van der Waals surface area contributed by atoms with Crippen LogP contribution in [-0.2, 0) is 0 Å². The Morgan fingerprint density at radius 3 is 2.60 bits per heavy atom. The molecule has 2 aliphatic rings.